The number of piperidine rings is 2. The first-order valence-electron chi connectivity index (χ1n) is 22.5. The summed E-state index contributed by atoms with van der Waals surface area (Å²) in [5, 5.41) is 0. The zero-order valence-electron chi connectivity index (χ0n) is 39.0. The fourth-order valence-corrected chi connectivity index (χ4v) is 16.3. The van der Waals surface area contributed by atoms with E-state index in [0.29, 0.717) is 12.1 Å². The van der Waals surface area contributed by atoms with E-state index in [9.17, 15) is 0 Å². The molecule has 306 valence electrons. The number of nitrogens with one attached hydrogen (secondary N) is 1. The molecule has 0 spiro atoms. The van der Waals surface area contributed by atoms with Crippen molar-refractivity contribution >= 4 is 0 Å². The molecule has 10 rings (SSSR count). The van der Waals surface area contributed by atoms with Crippen LogP contribution in [0.15, 0.2) is 24.3 Å². The van der Waals surface area contributed by atoms with Gasteiger partial charge in [0, 0.05) is 63.6 Å². The molecule has 4 aromatic rings. The van der Waals surface area contributed by atoms with Gasteiger partial charge in [0.2, 0.25) is 0 Å². The standard InChI is InChI=1S/C27H38N2.C26H36N2/c1-16-10-11-20-14-22-26(7)15-21-18(3)19(4)29(9)24(21)25(5,6)27(26,12-13-28(22)8)23(20)17(16)2;1-15-9-10-19-13-21-25(7)14-20-17(3)18(4)27-23(20)24(5,6)26(25,11-12-28(21)8)22(19)16(15)2/h10-11,22H,12-15H2,1-9H3;9-10,21,27H,11-14H2,1-8H3/t22?,26-,27-;21?,25-,26-/m00/s1. The van der Waals surface area contributed by atoms with E-state index < -0.39 is 0 Å². The largest absolute Gasteiger partial charge is 0.362 e. The van der Waals surface area contributed by atoms with Crippen molar-refractivity contribution in [1.82, 2.24) is 19.4 Å². The number of aromatic amines is 1. The maximum Gasteiger partial charge on any atom is 0.0275 e. The van der Waals surface area contributed by atoms with Crippen LogP contribution in [0, 0.1) is 66.2 Å². The summed E-state index contributed by atoms with van der Waals surface area (Å²) in [7, 11) is 7.04. The molecule has 2 unspecified atom stereocenters. The number of rotatable bonds is 0. The Morgan fingerprint density at radius 2 is 1.02 bits per heavy atom. The Hall–Kier alpha value is -3.08. The maximum atomic E-state index is 3.87. The molecule has 1 N–H and O–H groups in total. The molecule has 6 aliphatic rings. The highest BCUT2D eigenvalue weighted by atomic mass is 15.2. The van der Waals surface area contributed by atoms with Crippen LogP contribution >= 0.6 is 0 Å². The molecular formula is C53H74N4. The number of aromatic nitrogens is 2. The van der Waals surface area contributed by atoms with Gasteiger partial charge in [0.05, 0.1) is 0 Å². The van der Waals surface area contributed by atoms with Crippen LogP contribution < -0.4 is 0 Å². The van der Waals surface area contributed by atoms with Gasteiger partial charge in [-0.15, -0.1) is 0 Å². The summed E-state index contributed by atoms with van der Waals surface area (Å²) in [5.74, 6) is 0. The third kappa shape index (κ3) is 4.38. The molecule has 4 aliphatic carbocycles. The number of hydrogen-bond acceptors (Lipinski definition) is 2. The number of H-pyrrole nitrogens is 1. The van der Waals surface area contributed by atoms with Crippen LogP contribution in [0.25, 0.3) is 0 Å². The summed E-state index contributed by atoms with van der Waals surface area (Å²) in [6.07, 6.45) is 7.30. The van der Waals surface area contributed by atoms with E-state index in [1.807, 2.05) is 0 Å². The van der Waals surface area contributed by atoms with Crippen molar-refractivity contribution in [3.63, 3.8) is 0 Å². The lowest BCUT2D eigenvalue weighted by atomic mass is 9.37. The molecule has 2 aliphatic heterocycles. The summed E-state index contributed by atoms with van der Waals surface area (Å²) in [6.45, 7) is 36.5. The second-order valence-electron chi connectivity index (χ2n) is 22.1. The topological polar surface area (TPSA) is 27.2 Å². The van der Waals surface area contributed by atoms with Crippen LogP contribution in [0.3, 0.4) is 0 Å². The molecule has 6 atom stereocenters. The molecule has 4 nitrogen and oxygen atoms in total. The molecule has 4 heterocycles. The van der Waals surface area contributed by atoms with E-state index in [4.69, 9.17) is 0 Å². The Labute approximate surface area is 346 Å². The number of nitrogens with zero attached hydrogens (tertiary/aromatic N) is 3. The molecule has 2 aromatic carbocycles. The first-order chi connectivity index (χ1) is 26.5. The fraction of sp³-hybridized carbons (Fsp3) is 0.623. The number of aryl methyl sites for hydroxylation is 3. The Bertz CT molecular complexity index is 2360. The van der Waals surface area contributed by atoms with Crippen LogP contribution in [0.2, 0.25) is 0 Å². The molecule has 4 bridgehead atoms. The molecular weight excluding hydrogens is 693 g/mol. The lowest BCUT2D eigenvalue weighted by molar-refractivity contribution is -0.0903. The zero-order valence-corrected chi connectivity index (χ0v) is 39.0. The predicted molar refractivity (Wildman–Crippen MR) is 239 cm³/mol. The van der Waals surface area contributed by atoms with Gasteiger partial charge in [-0.05, 0) is 199 Å². The van der Waals surface area contributed by atoms with Gasteiger partial charge in [-0.1, -0.05) is 65.8 Å². The number of likely N-dealkylation sites (tertiary alicyclic amines) is 2. The smallest absolute Gasteiger partial charge is 0.0275 e. The van der Waals surface area contributed by atoms with Crippen molar-refractivity contribution in [1.29, 1.82) is 0 Å². The fourth-order valence-electron chi connectivity index (χ4n) is 16.3. The van der Waals surface area contributed by atoms with Gasteiger partial charge < -0.3 is 19.4 Å². The van der Waals surface area contributed by atoms with Crippen LogP contribution in [0.5, 0.6) is 0 Å². The van der Waals surface area contributed by atoms with E-state index >= 15 is 0 Å². The lowest BCUT2D eigenvalue weighted by Crippen LogP contribution is -2.73. The first kappa shape index (κ1) is 39.4. The summed E-state index contributed by atoms with van der Waals surface area (Å²) in [5.41, 5.74) is 25.8. The highest BCUT2D eigenvalue weighted by Gasteiger charge is 2.71. The molecule has 57 heavy (non-hydrogen) atoms. The van der Waals surface area contributed by atoms with E-state index in [2.05, 4.69) is 162 Å². The van der Waals surface area contributed by atoms with Gasteiger partial charge in [0.1, 0.15) is 0 Å². The SMILES string of the molecule is Cc1ccc2c(c1C)[C@]13CCN(C)C(C2)[C@]1(C)Cc1c(C)c(C)n(C)c1C3(C)C.Cc1ccc2c(c1C)[C@]13CCN(C)C(C2)[C@]1(C)Cc1c([nH]c(C)c1C)C3(C)C. The minimum Gasteiger partial charge on any atom is -0.362 e. The number of likely N-dealkylation sites (N-methyl/N-ethyl adjacent to an activating group) is 2. The van der Waals surface area contributed by atoms with Crippen LogP contribution in [0.4, 0.5) is 0 Å². The van der Waals surface area contributed by atoms with Crippen molar-refractivity contribution in [3.05, 3.63) is 114 Å². The normalized spacial score (nSPS) is 32.9. The van der Waals surface area contributed by atoms with Gasteiger partial charge in [-0.2, -0.15) is 0 Å². The molecule has 2 saturated heterocycles. The molecule has 2 fully saturated rings. The minimum atomic E-state index is 0.0849. The quantitative estimate of drug-likeness (QED) is 0.193. The summed E-state index contributed by atoms with van der Waals surface area (Å²) in [6, 6.07) is 10.8. The highest BCUT2D eigenvalue weighted by molar-refractivity contribution is 5.60. The van der Waals surface area contributed by atoms with Gasteiger partial charge in [-0.3, -0.25) is 0 Å². The van der Waals surface area contributed by atoms with Gasteiger partial charge in [-0.25, -0.2) is 0 Å². The number of hydrogen-bond donors (Lipinski definition) is 1. The van der Waals surface area contributed by atoms with Crippen LogP contribution in [-0.2, 0) is 54.4 Å². The molecule has 2 aromatic heterocycles. The second-order valence-corrected chi connectivity index (χ2v) is 22.1. The third-order valence-corrected chi connectivity index (χ3v) is 19.7. The monoisotopic (exact) mass is 767 g/mol. The van der Waals surface area contributed by atoms with Crippen molar-refractivity contribution in [3.8, 4) is 0 Å². The summed E-state index contributed by atoms with van der Waals surface area (Å²) >= 11 is 0. The van der Waals surface area contributed by atoms with Crippen molar-refractivity contribution in [2.24, 2.45) is 17.9 Å². The number of fused-ring (bicyclic) bond motifs is 4. The molecule has 4 heteroatoms. The first-order valence-corrected chi connectivity index (χ1v) is 22.5. The molecule has 0 radical (unpaired) electrons. The molecule has 0 amide bonds. The predicted octanol–water partition coefficient (Wildman–Crippen LogP) is 10.6. The van der Waals surface area contributed by atoms with Crippen molar-refractivity contribution in [2.75, 3.05) is 27.2 Å². The Balaban J connectivity index is 0.000000148. The lowest BCUT2D eigenvalue weighted by Gasteiger charge is -2.70. The van der Waals surface area contributed by atoms with Gasteiger partial charge in [0.15, 0.2) is 0 Å². The average molecular weight is 767 g/mol. The van der Waals surface area contributed by atoms with Crippen LogP contribution in [0.1, 0.15) is 144 Å². The second kappa shape index (κ2) is 12.0. The Kier molecular flexibility index (Phi) is 8.31. The van der Waals surface area contributed by atoms with Gasteiger partial charge >= 0.3 is 0 Å². The average Bonchev–Trinajstić information content (AvgIpc) is 3.54. The van der Waals surface area contributed by atoms with E-state index in [-0.39, 0.29) is 32.5 Å². The Morgan fingerprint density at radius 1 is 0.561 bits per heavy atom. The van der Waals surface area contributed by atoms with Crippen molar-refractivity contribution in [2.45, 2.75) is 169 Å². The third-order valence-electron chi connectivity index (χ3n) is 19.7. The van der Waals surface area contributed by atoms with Gasteiger partial charge in [0.25, 0.3) is 0 Å². The maximum absolute atomic E-state index is 3.87. The zero-order chi connectivity index (χ0) is 41.3. The van der Waals surface area contributed by atoms with E-state index in [1.54, 1.807) is 50.2 Å². The van der Waals surface area contributed by atoms with Crippen molar-refractivity contribution < 1.29 is 0 Å². The Morgan fingerprint density at radius 3 is 1.51 bits per heavy atom. The van der Waals surface area contributed by atoms with E-state index in [1.165, 1.54) is 91.0 Å². The summed E-state index contributed by atoms with van der Waals surface area (Å²) in [4.78, 5) is 9.22. The number of benzene rings is 2. The highest BCUT2D eigenvalue weighted by Crippen LogP contribution is 2.70. The molecule has 0 saturated carbocycles. The minimum absolute atomic E-state index is 0.0849. The van der Waals surface area contributed by atoms with E-state index in [0.717, 1.165) is 0 Å². The summed E-state index contributed by atoms with van der Waals surface area (Å²) < 4.78 is 2.53. The van der Waals surface area contributed by atoms with Crippen LogP contribution in [-0.4, -0.2) is 58.6 Å².